The number of aryl methyl sites for hydroxylation is 2. The maximum absolute atomic E-state index is 12.1. The summed E-state index contributed by atoms with van der Waals surface area (Å²) in [7, 11) is 0. The molecule has 0 radical (unpaired) electrons. The molecular weight excluding hydrogens is 320 g/mol. The summed E-state index contributed by atoms with van der Waals surface area (Å²) >= 11 is 0. The number of hydrogen-bond acceptors (Lipinski definition) is 4. The first kappa shape index (κ1) is 16.9. The fraction of sp³-hybridized carbons (Fsp3) is 0.412. The molecule has 1 aliphatic heterocycles. The van der Waals surface area contributed by atoms with Gasteiger partial charge in [0, 0.05) is 18.7 Å². The number of hydrogen-bond donors (Lipinski definition) is 3. The Morgan fingerprint density at radius 1 is 1.40 bits per heavy atom. The van der Waals surface area contributed by atoms with Crippen LogP contribution in [0.3, 0.4) is 0 Å². The van der Waals surface area contributed by atoms with Crippen molar-refractivity contribution in [3.63, 3.8) is 0 Å². The van der Waals surface area contributed by atoms with Crippen molar-refractivity contribution in [2.75, 3.05) is 5.32 Å². The molecule has 25 heavy (non-hydrogen) atoms. The molecule has 3 rings (SSSR count). The maximum Gasteiger partial charge on any atom is 0.315 e. The lowest BCUT2D eigenvalue weighted by atomic mass is 9.98. The average molecular weight is 342 g/mol. The van der Waals surface area contributed by atoms with E-state index >= 15 is 0 Å². The van der Waals surface area contributed by atoms with Gasteiger partial charge in [0.05, 0.1) is 12.6 Å². The van der Waals surface area contributed by atoms with Crippen molar-refractivity contribution >= 4 is 17.6 Å². The number of nitrogens with one attached hydrogen (secondary N) is 3. The zero-order valence-electron chi connectivity index (χ0n) is 14.4. The summed E-state index contributed by atoms with van der Waals surface area (Å²) in [6.45, 7) is 5.00. The minimum Gasteiger partial charge on any atom is -0.332 e. The van der Waals surface area contributed by atoms with Gasteiger partial charge in [-0.25, -0.2) is 4.79 Å². The molecule has 2 aromatic rings. The summed E-state index contributed by atoms with van der Waals surface area (Å²) in [5.41, 5.74) is 2.96. The number of nitrogens with zero attached hydrogens (tertiary/aromatic N) is 3. The van der Waals surface area contributed by atoms with E-state index in [1.807, 2.05) is 36.6 Å². The van der Waals surface area contributed by atoms with Crippen molar-refractivity contribution in [3.05, 3.63) is 41.5 Å². The number of carbonyl (C=O) groups excluding carboxylic acids is 2. The van der Waals surface area contributed by atoms with Crippen LogP contribution in [0.4, 0.5) is 10.5 Å². The zero-order valence-corrected chi connectivity index (χ0v) is 14.4. The molecule has 1 aliphatic rings. The van der Waals surface area contributed by atoms with Gasteiger partial charge in [0.1, 0.15) is 6.33 Å². The van der Waals surface area contributed by atoms with E-state index in [2.05, 4.69) is 26.1 Å². The third-order valence-corrected chi connectivity index (χ3v) is 4.32. The van der Waals surface area contributed by atoms with Crippen LogP contribution in [-0.4, -0.2) is 26.7 Å². The van der Waals surface area contributed by atoms with E-state index in [0.717, 1.165) is 35.6 Å². The zero-order chi connectivity index (χ0) is 17.8. The molecule has 8 nitrogen and oxygen atoms in total. The largest absolute Gasteiger partial charge is 0.332 e. The summed E-state index contributed by atoms with van der Waals surface area (Å²) in [5.74, 6) is 0.764. The van der Waals surface area contributed by atoms with E-state index < -0.39 is 0 Å². The standard InChI is InChI=1S/C17H22N6O2/c1-3-23-10-19-22-15(23)9-18-17(25)20-11(2)12-4-6-14-13(8-12)5-7-16(24)21-14/h4,6,8,10-11H,3,5,7,9H2,1-2H3,(H,21,24)(H2,18,20,25)/t11-/m1/s1. The Hall–Kier alpha value is -2.90. The molecule has 8 heteroatoms. The molecule has 3 amide bonds. The molecule has 3 N–H and O–H groups in total. The van der Waals surface area contributed by atoms with Crippen LogP contribution in [0, 0.1) is 0 Å². The second-order valence-corrected chi connectivity index (χ2v) is 6.05. The topological polar surface area (TPSA) is 101 Å². The lowest BCUT2D eigenvalue weighted by molar-refractivity contribution is -0.116. The van der Waals surface area contributed by atoms with Crippen molar-refractivity contribution in [3.8, 4) is 0 Å². The molecule has 1 atom stereocenters. The maximum atomic E-state index is 12.1. The number of rotatable bonds is 5. The van der Waals surface area contributed by atoms with Gasteiger partial charge in [-0.05, 0) is 37.5 Å². The minimum absolute atomic E-state index is 0.0470. The molecule has 0 saturated carbocycles. The molecule has 0 aliphatic carbocycles. The average Bonchev–Trinajstić information content (AvgIpc) is 3.07. The molecule has 0 spiro atoms. The number of carbonyl (C=O) groups is 2. The minimum atomic E-state index is -0.260. The highest BCUT2D eigenvalue weighted by molar-refractivity contribution is 5.93. The van der Waals surface area contributed by atoms with Gasteiger partial charge in [-0.15, -0.1) is 10.2 Å². The van der Waals surface area contributed by atoms with Crippen LogP contribution in [0.15, 0.2) is 24.5 Å². The van der Waals surface area contributed by atoms with Gasteiger partial charge < -0.3 is 20.5 Å². The summed E-state index contributed by atoms with van der Waals surface area (Å²) in [6, 6.07) is 5.44. The summed E-state index contributed by atoms with van der Waals surface area (Å²) in [5, 5.41) is 16.4. The number of aromatic nitrogens is 3. The van der Waals surface area contributed by atoms with Crippen LogP contribution in [-0.2, 0) is 24.3 Å². The van der Waals surface area contributed by atoms with Crippen molar-refractivity contribution in [1.29, 1.82) is 0 Å². The van der Waals surface area contributed by atoms with Gasteiger partial charge in [0.25, 0.3) is 0 Å². The molecule has 0 saturated heterocycles. The Bertz CT molecular complexity index is 785. The summed E-state index contributed by atoms with van der Waals surface area (Å²) in [6.07, 6.45) is 2.86. The van der Waals surface area contributed by atoms with Crippen molar-refractivity contribution in [1.82, 2.24) is 25.4 Å². The van der Waals surface area contributed by atoms with Gasteiger partial charge in [-0.3, -0.25) is 4.79 Å². The van der Waals surface area contributed by atoms with E-state index in [1.54, 1.807) is 6.33 Å². The first-order valence-corrected chi connectivity index (χ1v) is 8.40. The lowest BCUT2D eigenvalue weighted by Crippen LogP contribution is -2.37. The highest BCUT2D eigenvalue weighted by atomic mass is 16.2. The Morgan fingerprint density at radius 2 is 2.24 bits per heavy atom. The Morgan fingerprint density at radius 3 is 3.04 bits per heavy atom. The fourth-order valence-electron chi connectivity index (χ4n) is 2.84. The smallest absolute Gasteiger partial charge is 0.315 e. The first-order chi connectivity index (χ1) is 12.1. The Kier molecular flexibility index (Phi) is 4.97. The van der Waals surface area contributed by atoms with Gasteiger partial charge in [0.15, 0.2) is 5.82 Å². The van der Waals surface area contributed by atoms with Crippen LogP contribution in [0.2, 0.25) is 0 Å². The predicted octanol–water partition coefficient (Wildman–Crippen LogP) is 1.74. The highest BCUT2D eigenvalue weighted by Gasteiger charge is 2.17. The monoisotopic (exact) mass is 342 g/mol. The SMILES string of the molecule is CCn1cnnc1CNC(=O)N[C@H](C)c1ccc2c(c1)CCC(=O)N2. The van der Waals surface area contributed by atoms with Crippen LogP contribution in [0.25, 0.3) is 0 Å². The van der Waals surface area contributed by atoms with Crippen LogP contribution in [0.1, 0.15) is 43.3 Å². The number of amides is 3. The first-order valence-electron chi connectivity index (χ1n) is 8.40. The van der Waals surface area contributed by atoms with E-state index in [1.165, 1.54) is 0 Å². The van der Waals surface area contributed by atoms with Crippen molar-refractivity contribution < 1.29 is 9.59 Å². The number of anilines is 1. The molecular formula is C17H22N6O2. The van der Waals surface area contributed by atoms with E-state index in [9.17, 15) is 9.59 Å². The van der Waals surface area contributed by atoms with Gasteiger partial charge in [0.2, 0.25) is 5.91 Å². The second kappa shape index (κ2) is 7.33. The number of urea groups is 1. The van der Waals surface area contributed by atoms with Gasteiger partial charge in [-0.2, -0.15) is 0 Å². The van der Waals surface area contributed by atoms with Crippen LogP contribution >= 0.6 is 0 Å². The third kappa shape index (κ3) is 3.96. The lowest BCUT2D eigenvalue weighted by Gasteiger charge is -2.20. The Labute approximate surface area is 146 Å². The van der Waals surface area contributed by atoms with E-state index in [0.29, 0.717) is 13.0 Å². The van der Waals surface area contributed by atoms with Gasteiger partial charge in [-0.1, -0.05) is 12.1 Å². The van der Waals surface area contributed by atoms with E-state index in [-0.39, 0.29) is 18.0 Å². The van der Waals surface area contributed by atoms with Gasteiger partial charge >= 0.3 is 6.03 Å². The normalized spacial score (nSPS) is 14.4. The molecule has 0 unspecified atom stereocenters. The molecule has 132 valence electrons. The van der Waals surface area contributed by atoms with E-state index in [4.69, 9.17) is 0 Å². The van der Waals surface area contributed by atoms with Crippen molar-refractivity contribution in [2.45, 2.75) is 45.8 Å². The summed E-state index contributed by atoms with van der Waals surface area (Å²) < 4.78 is 1.88. The van der Waals surface area contributed by atoms with Crippen molar-refractivity contribution in [2.24, 2.45) is 0 Å². The van der Waals surface area contributed by atoms with Crippen LogP contribution < -0.4 is 16.0 Å². The predicted molar refractivity (Wildman–Crippen MR) is 92.9 cm³/mol. The number of fused-ring (bicyclic) bond motifs is 1. The highest BCUT2D eigenvalue weighted by Crippen LogP contribution is 2.26. The second-order valence-electron chi connectivity index (χ2n) is 6.05. The Balaban J connectivity index is 1.57. The molecule has 1 aromatic heterocycles. The molecule has 1 aromatic carbocycles. The molecule has 2 heterocycles. The molecule has 0 fully saturated rings. The van der Waals surface area contributed by atoms with Crippen LogP contribution in [0.5, 0.6) is 0 Å². The molecule has 0 bridgehead atoms. The number of benzene rings is 1. The fourth-order valence-corrected chi connectivity index (χ4v) is 2.84. The third-order valence-electron chi connectivity index (χ3n) is 4.32. The summed E-state index contributed by atoms with van der Waals surface area (Å²) in [4.78, 5) is 23.5. The quantitative estimate of drug-likeness (QED) is 0.770.